The number of hydrogen-bond donors (Lipinski definition) is 5. The number of methoxy groups -OCH3 is 2. The Hall–Kier alpha value is -4.73. The van der Waals surface area contributed by atoms with Gasteiger partial charge < -0.3 is 39.9 Å². The van der Waals surface area contributed by atoms with Gasteiger partial charge in [-0.2, -0.15) is 0 Å². The molecule has 1 aliphatic heterocycles. The Morgan fingerprint density at radius 1 is 0.818 bits per heavy atom. The average Bonchev–Trinajstić information content (AvgIpc) is 3.86. The molecule has 0 bridgehead atoms. The zero-order valence-corrected chi connectivity index (χ0v) is 25.1. The Balaban J connectivity index is 0.000000187. The maximum atomic E-state index is 6.18. The lowest BCUT2D eigenvalue weighted by molar-refractivity contribution is 0.415. The van der Waals surface area contributed by atoms with Gasteiger partial charge in [0.2, 0.25) is 0 Å². The number of piperidine rings is 1. The number of nitrogens with two attached hydrogens (primary N) is 1. The summed E-state index contributed by atoms with van der Waals surface area (Å²) in [4.78, 5) is 14.9. The number of hydrogen-bond acceptors (Lipinski definition) is 6. The lowest BCUT2D eigenvalue weighted by Crippen LogP contribution is -2.26. The fourth-order valence-electron chi connectivity index (χ4n) is 6.47. The molecule has 1 aliphatic rings. The first-order valence-corrected chi connectivity index (χ1v) is 15.2. The van der Waals surface area contributed by atoms with E-state index in [0.29, 0.717) is 18.9 Å². The Labute approximate surface area is 255 Å². The van der Waals surface area contributed by atoms with Crippen molar-refractivity contribution in [3.05, 3.63) is 89.7 Å². The summed E-state index contributed by atoms with van der Waals surface area (Å²) >= 11 is 0. The first-order valence-electron chi connectivity index (χ1n) is 15.2. The van der Waals surface area contributed by atoms with Crippen LogP contribution < -0.4 is 20.5 Å². The molecule has 3 aromatic carbocycles. The molecule has 8 rings (SSSR count). The predicted molar refractivity (Wildman–Crippen MR) is 176 cm³/mol. The summed E-state index contributed by atoms with van der Waals surface area (Å²) in [6, 6.07) is 16.2. The van der Waals surface area contributed by atoms with Crippen molar-refractivity contribution in [1.29, 1.82) is 0 Å². The fourth-order valence-corrected chi connectivity index (χ4v) is 6.47. The first-order chi connectivity index (χ1) is 21.6. The molecule has 226 valence electrons. The van der Waals surface area contributed by atoms with Crippen molar-refractivity contribution >= 4 is 43.8 Å². The van der Waals surface area contributed by atoms with Gasteiger partial charge in [0, 0.05) is 63.4 Å². The second-order valence-corrected chi connectivity index (χ2v) is 11.4. The SMILES string of the molecule is COc1ccc2c(CCN)c[nH]c2c1.COc1ccc2c(Cc3nc4c(ccc5[nH]cc(C6CCNCC6)c54)o3)c[nH]c2c1. The molecule has 0 atom stereocenters. The first kappa shape index (κ1) is 28.1. The highest BCUT2D eigenvalue weighted by atomic mass is 16.5. The molecule has 0 saturated carbocycles. The maximum absolute atomic E-state index is 6.18. The molecule has 9 heteroatoms. The van der Waals surface area contributed by atoms with Gasteiger partial charge in [0.15, 0.2) is 11.5 Å². The van der Waals surface area contributed by atoms with E-state index in [9.17, 15) is 0 Å². The molecule has 0 unspecified atom stereocenters. The van der Waals surface area contributed by atoms with Crippen LogP contribution in [-0.4, -0.2) is 53.8 Å². The predicted octanol–water partition coefficient (Wildman–Crippen LogP) is 6.53. The van der Waals surface area contributed by atoms with Crippen LogP contribution in [0.4, 0.5) is 0 Å². The van der Waals surface area contributed by atoms with Crippen LogP contribution in [0, 0.1) is 0 Å². The highest BCUT2D eigenvalue weighted by molar-refractivity contribution is 6.04. The van der Waals surface area contributed by atoms with Gasteiger partial charge in [0.05, 0.1) is 20.6 Å². The summed E-state index contributed by atoms with van der Waals surface area (Å²) in [5, 5.41) is 7.08. The third-order valence-corrected chi connectivity index (χ3v) is 8.76. The summed E-state index contributed by atoms with van der Waals surface area (Å²) < 4.78 is 16.7. The number of oxazole rings is 1. The highest BCUT2D eigenvalue weighted by Crippen LogP contribution is 2.36. The van der Waals surface area contributed by atoms with Crippen LogP contribution in [0.1, 0.15) is 41.3 Å². The molecule has 7 aromatic rings. The third-order valence-electron chi connectivity index (χ3n) is 8.76. The highest BCUT2D eigenvalue weighted by Gasteiger charge is 2.22. The van der Waals surface area contributed by atoms with E-state index in [4.69, 9.17) is 24.6 Å². The summed E-state index contributed by atoms with van der Waals surface area (Å²) in [5.74, 6) is 3.03. The topological polar surface area (TPSA) is 130 Å². The molecule has 9 nitrogen and oxygen atoms in total. The van der Waals surface area contributed by atoms with Crippen LogP contribution >= 0.6 is 0 Å². The Kier molecular flexibility index (Phi) is 7.72. The molecule has 44 heavy (non-hydrogen) atoms. The summed E-state index contributed by atoms with van der Waals surface area (Å²) in [7, 11) is 3.36. The van der Waals surface area contributed by atoms with Crippen LogP contribution in [0.3, 0.4) is 0 Å². The minimum atomic E-state index is 0.564. The van der Waals surface area contributed by atoms with E-state index in [2.05, 4.69) is 44.7 Å². The largest absolute Gasteiger partial charge is 0.497 e. The van der Waals surface area contributed by atoms with E-state index in [-0.39, 0.29) is 0 Å². The van der Waals surface area contributed by atoms with Crippen molar-refractivity contribution in [3.8, 4) is 11.5 Å². The van der Waals surface area contributed by atoms with Crippen LogP contribution in [0.25, 0.3) is 43.8 Å². The number of benzene rings is 3. The van der Waals surface area contributed by atoms with Crippen LogP contribution in [0.5, 0.6) is 11.5 Å². The number of nitrogens with zero attached hydrogens (tertiary/aromatic N) is 1. The van der Waals surface area contributed by atoms with Gasteiger partial charge in [0.1, 0.15) is 17.0 Å². The molecular formula is C35H38N6O3. The van der Waals surface area contributed by atoms with E-state index in [1.807, 2.05) is 42.7 Å². The maximum Gasteiger partial charge on any atom is 0.200 e. The monoisotopic (exact) mass is 590 g/mol. The molecule has 5 heterocycles. The van der Waals surface area contributed by atoms with Gasteiger partial charge in [-0.1, -0.05) is 0 Å². The molecular weight excluding hydrogens is 552 g/mol. The van der Waals surface area contributed by atoms with Crippen molar-refractivity contribution in [1.82, 2.24) is 25.3 Å². The van der Waals surface area contributed by atoms with Gasteiger partial charge in [-0.15, -0.1) is 0 Å². The van der Waals surface area contributed by atoms with Crippen LogP contribution in [-0.2, 0) is 12.8 Å². The van der Waals surface area contributed by atoms with Crippen molar-refractivity contribution < 1.29 is 13.9 Å². The van der Waals surface area contributed by atoms with Crippen LogP contribution in [0.2, 0.25) is 0 Å². The normalized spacial score (nSPS) is 14.0. The van der Waals surface area contributed by atoms with Crippen LogP contribution in [0.15, 0.2) is 71.5 Å². The Bertz CT molecular complexity index is 2040. The van der Waals surface area contributed by atoms with Gasteiger partial charge in [-0.25, -0.2) is 4.98 Å². The number of aromatic nitrogens is 4. The summed E-state index contributed by atoms with van der Waals surface area (Å²) in [5.41, 5.74) is 14.5. The summed E-state index contributed by atoms with van der Waals surface area (Å²) in [6.45, 7) is 2.82. The Morgan fingerprint density at radius 3 is 2.16 bits per heavy atom. The molecule has 0 spiro atoms. The minimum absolute atomic E-state index is 0.564. The van der Waals surface area contributed by atoms with Gasteiger partial charge in [0.25, 0.3) is 0 Å². The number of rotatable bonds is 7. The molecule has 0 amide bonds. The smallest absolute Gasteiger partial charge is 0.200 e. The van der Waals surface area contributed by atoms with Gasteiger partial charge in [-0.05, 0) is 97.9 Å². The van der Waals surface area contributed by atoms with Crippen molar-refractivity contribution in [2.45, 2.75) is 31.6 Å². The lowest BCUT2D eigenvalue weighted by Gasteiger charge is -2.22. The second-order valence-electron chi connectivity index (χ2n) is 11.4. The summed E-state index contributed by atoms with van der Waals surface area (Å²) in [6.07, 6.45) is 10.1. The lowest BCUT2D eigenvalue weighted by atomic mass is 9.90. The minimum Gasteiger partial charge on any atom is -0.497 e. The number of ether oxygens (including phenoxy) is 2. The van der Waals surface area contributed by atoms with E-state index in [0.717, 1.165) is 77.4 Å². The van der Waals surface area contributed by atoms with Crippen molar-refractivity contribution in [2.75, 3.05) is 33.9 Å². The molecule has 0 aliphatic carbocycles. The second kappa shape index (κ2) is 12.1. The van der Waals surface area contributed by atoms with E-state index in [1.54, 1.807) is 14.2 Å². The number of fused-ring (bicyclic) bond motifs is 5. The van der Waals surface area contributed by atoms with Gasteiger partial charge in [-0.3, -0.25) is 0 Å². The van der Waals surface area contributed by atoms with Gasteiger partial charge >= 0.3 is 0 Å². The molecule has 0 radical (unpaired) electrons. The molecule has 4 aromatic heterocycles. The molecule has 1 fully saturated rings. The average molecular weight is 591 g/mol. The van der Waals surface area contributed by atoms with Crippen molar-refractivity contribution in [3.63, 3.8) is 0 Å². The Morgan fingerprint density at radius 2 is 1.48 bits per heavy atom. The quantitative estimate of drug-likeness (QED) is 0.143. The van der Waals surface area contributed by atoms with Crippen molar-refractivity contribution in [2.24, 2.45) is 5.73 Å². The number of H-pyrrole nitrogens is 3. The molecule has 6 N–H and O–H groups in total. The van der Waals surface area contributed by atoms with E-state index < -0.39 is 0 Å². The number of aromatic amines is 3. The number of nitrogens with one attached hydrogen (secondary N) is 4. The standard InChI is InChI=1S/C24H24N4O2.C11H14N2O/c1-29-16-2-3-17-15(12-26-20(17)11-16)10-22-28-24-21(30-22)5-4-19-23(24)18(13-27-19)14-6-8-25-9-7-14;1-14-9-2-3-10-8(4-5-12)7-13-11(10)6-9/h2-5,11-14,25-27H,6-10H2,1H3;2-3,6-7,13H,4-5,12H2,1H3. The zero-order valence-electron chi connectivity index (χ0n) is 25.1. The van der Waals surface area contributed by atoms with E-state index >= 15 is 0 Å². The molecule has 1 saturated heterocycles. The zero-order chi connectivity index (χ0) is 30.0. The van der Waals surface area contributed by atoms with E-state index in [1.165, 1.54) is 32.8 Å². The fraction of sp³-hybridized carbons (Fsp3) is 0.286. The third kappa shape index (κ3) is 5.29.